The number of halogens is 1. The van der Waals surface area contributed by atoms with Crippen molar-refractivity contribution in [3.63, 3.8) is 0 Å². The molecule has 3 N–H and O–H groups in total. The third-order valence-electron chi connectivity index (χ3n) is 4.31. The van der Waals surface area contributed by atoms with Gasteiger partial charge in [0.15, 0.2) is 5.96 Å². The molecule has 6 heteroatoms. The molecule has 1 aliphatic carbocycles. The maximum atomic E-state index is 11.5. The van der Waals surface area contributed by atoms with E-state index in [4.69, 9.17) is 0 Å². The van der Waals surface area contributed by atoms with Crippen LogP contribution in [0.2, 0.25) is 0 Å². The lowest BCUT2D eigenvalue weighted by molar-refractivity contribution is -0.123. The number of aliphatic imine (C=N–C) groups is 1. The third-order valence-corrected chi connectivity index (χ3v) is 4.31. The van der Waals surface area contributed by atoms with E-state index in [0.29, 0.717) is 19.1 Å². The van der Waals surface area contributed by atoms with E-state index in [0.717, 1.165) is 18.4 Å². The number of amides is 1. The highest BCUT2D eigenvalue weighted by Crippen LogP contribution is 2.26. The summed E-state index contributed by atoms with van der Waals surface area (Å²) < 4.78 is 0. The second-order valence-corrected chi connectivity index (χ2v) is 6.48. The van der Waals surface area contributed by atoms with E-state index in [9.17, 15) is 4.79 Å². The lowest BCUT2D eigenvalue weighted by atomic mass is 9.84. The highest BCUT2D eigenvalue weighted by atomic mass is 127. The molecule has 1 amide bonds. The van der Waals surface area contributed by atoms with Gasteiger partial charge in [-0.05, 0) is 38.5 Å². The third kappa shape index (κ3) is 9.37. The normalized spacial score (nSPS) is 21.5. The number of rotatable bonds is 7. The number of carbonyl (C=O) groups is 1. The predicted molar refractivity (Wildman–Crippen MR) is 108 cm³/mol. The van der Waals surface area contributed by atoms with Crippen LogP contribution in [0.4, 0.5) is 0 Å². The number of hydrogen-bond acceptors (Lipinski definition) is 2. The second kappa shape index (κ2) is 12.8. The van der Waals surface area contributed by atoms with E-state index >= 15 is 0 Å². The van der Waals surface area contributed by atoms with Gasteiger partial charge < -0.3 is 16.0 Å². The van der Waals surface area contributed by atoms with Crippen LogP contribution in [0.15, 0.2) is 4.99 Å². The fraction of sp³-hybridized carbons (Fsp3) is 0.882. The van der Waals surface area contributed by atoms with Crippen molar-refractivity contribution in [2.45, 2.75) is 65.8 Å². The molecule has 136 valence electrons. The Bertz CT molecular complexity index is 353. The zero-order chi connectivity index (χ0) is 16.4. The smallest absolute Gasteiger partial charge is 0.222 e. The van der Waals surface area contributed by atoms with Gasteiger partial charge in [0, 0.05) is 25.0 Å². The molecule has 0 aromatic rings. The Morgan fingerprint density at radius 3 is 2.30 bits per heavy atom. The maximum Gasteiger partial charge on any atom is 0.222 e. The number of nitrogens with one attached hydrogen (secondary N) is 3. The van der Waals surface area contributed by atoms with Gasteiger partial charge in [-0.15, -0.1) is 24.0 Å². The number of nitrogens with zero attached hydrogens (tertiary/aromatic N) is 1. The van der Waals surface area contributed by atoms with Crippen LogP contribution in [0.25, 0.3) is 0 Å². The predicted octanol–water partition coefficient (Wildman–Crippen LogP) is 2.90. The van der Waals surface area contributed by atoms with E-state index in [-0.39, 0.29) is 35.8 Å². The van der Waals surface area contributed by atoms with Crippen LogP contribution in [0.5, 0.6) is 0 Å². The van der Waals surface area contributed by atoms with Gasteiger partial charge in [0.2, 0.25) is 5.91 Å². The van der Waals surface area contributed by atoms with Crippen molar-refractivity contribution in [2.24, 2.45) is 16.8 Å². The van der Waals surface area contributed by atoms with E-state index in [1.54, 1.807) is 0 Å². The molecule has 0 spiro atoms. The standard InChI is InChI=1S/C17H34N4O.HI/c1-5-14-7-9-15(10-8-14)21-17(18-6-2)20-12-11-19-16(22)13(3)4;/h13-15H,5-12H2,1-4H3,(H,19,22)(H2,18,20,21);1H. The summed E-state index contributed by atoms with van der Waals surface area (Å²) in [6.45, 7) is 10.2. The first kappa shape index (κ1) is 22.5. The summed E-state index contributed by atoms with van der Waals surface area (Å²) in [6.07, 6.45) is 6.40. The Hall–Kier alpha value is -0.530. The molecular formula is C17H35IN4O. The van der Waals surface area contributed by atoms with Gasteiger partial charge in [-0.25, -0.2) is 0 Å². The largest absolute Gasteiger partial charge is 0.357 e. The number of carbonyl (C=O) groups excluding carboxylic acids is 1. The van der Waals surface area contributed by atoms with Crippen molar-refractivity contribution >= 4 is 35.8 Å². The van der Waals surface area contributed by atoms with Crippen molar-refractivity contribution in [2.75, 3.05) is 19.6 Å². The monoisotopic (exact) mass is 438 g/mol. The van der Waals surface area contributed by atoms with E-state index in [1.807, 2.05) is 13.8 Å². The van der Waals surface area contributed by atoms with Gasteiger partial charge >= 0.3 is 0 Å². The molecule has 0 heterocycles. The molecule has 1 rings (SSSR count). The Balaban J connectivity index is 0.00000484. The van der Waals surface area contributed by atoms with Crippen molar-refractivity contribution < 1.29 is 4.79 Å². The molecule has 23 heavy (non-hydrogen) atoms. The molecule has 1 saturated carbocycles. The van der Waals surface area contributed by atoms with E-state index in [1.165, 1.54) is 32.1 Å². The van der Waals surface area contributed by atoms with Crippen molar-refractivity contribution in [3.8, 4) is 0 Å². The molecule has 0 atom stereocenters. The minimum atomic E-state index is 0. The summed E-state index contributed by atoms with van der Waals surface area (Å²) in [7, 11) is 0. The van der Waals surface area contributed by atoms with Gasteiger partial charge in [-0.2, -0.15) is 0 Å². The van der Waals surface area contributed by atoms with Crippen LogP contribution >= 0.6 is 24.0 Å². The van der Waals surface area contributed by atoms with Crippen LogP contribution in [-0.4, -0.2) is 37.5 Å². The van der Waals surface area contributed by atoms with Crippen LogP contribution in [0.1, 0.15) is 59.8 Å². The van der Waals surface area contributed by atoms with Gasteiger partial charge in [0.1, 0.15) is 0 Å². The SMILES string of the molecule is CCNC(=NCCNC(=O)C(C)C)NC1CCC(CC)CC1.I. The van der Waals surface area contributed by atoms with E-state index < -0.39 is 0 Å². The van der Waals surface area contributed by atoms with Crippen LogP contribution < -0.4 is 16.0 Å². The van der Waals surface area contributed by atoms with Gasteiger partial charge in [0.25, 0.3) is 0 Å². The average molecular weight is 438 g/mol. The van der Waals surface area contributed by atoms with Gasteiger partial charge in [0.05, 0.1) is 6.54 Å². The average Bonchev–Trinajstić information content (AvgIpc) is 2.52. The molecule has 0 radical (unpaired) electrons. The topological polar surface area (TPSA) is 65.5 Å². The molecule has 0 saturated heterocycles. The summed E-state index contributed by atoms with van der Waals surface area (Å²) in [5.41, 5.74) is 0. The summed E-state index contributed by atoms with van der Waals surface area (Å²) in [5, 5.41) is 9.73. The minimum Gasteiger partial charge on any atom is -0.357 e. The fourth-order valence-electron chi connectivity index (χ4n) is 2.78. The highest BCUT2D eigenvalue weighted by Gasteiger charge is 2.20. The summed E-state index contributed by atoms with van der Waals surface area (Å²) in [5.74, 6) is 1.90. The lowest BCUT2D eigenvalue weighted by Crippen LogP contribution is -2.45. The highest BCUT2D eigenvalue weighted by molar-refractivity contribution is 14.0. The van der Waals surface area contributed by atoms with Crippen LogP contribution in [0, 0.1) is 11.8 Å². The number of guanidine groups is 1. The molecule has 1 aliphatic rings. The molecule has 0 aromatic carbocycles. The first-order valence-corrected chi connectivity index (χ1v) is 8.89. The minimum absolute atomic E-state index is 0. The molecule has 0 aliphatic heterocycles. The molecule has 0 bridgehead atoms. The lowest BCUT2D eigenvalue weighted by Gasteiger charge is -2.29. The Labute approximate surface area is 158 Å². The molecule has 5 nitrogen and oxygen atoms in total. The quantitative estimate of drug-likeness (QED) is 0.248. The van der Waals surface area contributed by atoms with E-state index in [2.05, 4.69) is 34.8 Å². The summed E-state index contributed by atoms with van der Waals surface area (Å²) >= 11 is 0. The maximum absolute atomic E-state index is 11.5. The molecule has 0 aromatic heterocycles. The second-order valence-electron chi connectivity index (χ2n) is 6.48. The van der Waals surface area contributed by atoms with Gasteiger partial charge in [-0.3, -0.25) is 9.79 Å². The first-order valence-electron chi connectivity index (χ1n) is 8.89. The zero-order valence-electron chi connectivity index (χ0n) is 15.2. The Kier molecular flexibility index (Phi) is 12.5. The summed E-state index contributed by atoms with van der Waals surface area (Å²) in [6, 6.07) is 0.533. The van der Waals surface area contributed by atoms with Gasteiger partial charge in [-0.1, -0.05) is 27.2 Å². The first-order chi connectivity index (χ1) is 10.6. The van der Waals surface area contributed by atoms with Crippen LogP contribution in [-0.2, 0) is 4.79 Å². The fourth-order valence-corrected chi connectivity index (χ4v) is 2.78. The number of hydrogen-bond donors (Lipinski definition) is 3. The zero-order valence-corrected chi connectivity index (χ0v) is 17.5. The van der Waals surface area contributed by atoms with Crippen LogP contribution in [0.3, 0.4) is 0 Å². The van der Waals surface area contributed by atoms with Crippen molar-refractivity contribution in [1.82, 2.24) is 16.0 Å². The Morgan fingerprint density at radius 2 is 1.78 bits per heavy atom. The molecule has 0 unspecified atom stereocenters. The van der Waals surface area contributed by atoms with Crippen molar-refractivity contribution in [1.29, 1.82) is 0 Å². The molecule has 1 fully saturated rings. The summed E-state index contributed by atoms with van der Waals surface area (Å²) in [4.78, 5) is 16.1. The van der Waals surface area contributed by atoms with Crippen molar-refractivity contribution in [3.05, 3.63) is 0 Å². The Morgan fingerprint density at radius 1 is 1.13 bits per heavy atom. The molecular weight excluding hydrogens is 403 g/mol.